The lowest BCUT2D eigenvalue weighted by Crippen LogP contribution is -2.20. The van der Waals surface area contributed by atoms with Crippen LogP contribution >= 0.6 is 12.4 Å². The molecule has 0 saturated carbocycles. The van der Waals surface area contributed by atoms with Crippen LogP contribution in [-0.2, 0) is 0 Å². The lowest BCUT2D eigenvalue weighted by atomic mass is 10.3. The van der Waals surface area contributed by atoms with Crippen LogP contribution in [0.25, 0.3) is 0 Å². The van der Waals surface area contributed by atoms with Crippen molar-refractivity contribution in [1.29, 1.82) is 5.41 Å². The molecule has 0 bridgehead atoms. The van der Waals surface area contributed by atoms with E-state index in [1.807, 2.05) is 30.3 Å². The first kappa shape index (κ1) is 10.8. The number of halogens is 1. The van der Waals surface area contributed by atoms with Crippen molar-refractivity contribution in [3.8, 4) is 0 Å². The Morgan fingerprint density at radius 3 is 2.42 bits per heavy atom. The van der Waals surface area contributed by atoms with Gasteiger partial charge in [-0.25, -0.2) is 0 Å². The van der Waals surface area contributed by atoms with Gasteiger partial charge in [-0.05, 0) is 12.1 Å². The van der Waals surface area contributed by atoms with Crippen molar-refractivity contribution in [2.24, 2.45) is 5.73 Å². The van der Waals surface area contributed by atoms with Gasteiger partial charge in [0.05, 0.1) is 6.54 Å². The molecule has 0 radical (unpaired) electrons. The second kappa shape index (κ2) is 5.43. The van der Waals surface area contributed by atoms with Gasteiger partial charge in [0.15, 0.2) is 0 Å². The zero-order valence-electron chi connectivity index (χ0n) is 6.58. The third kappa shape index (κ3) is 3.83. The third-order valence-corrected chi connectivity index (χ3v) is 1.26. The molecule has 0 heterocycles. The number of anilines is 1. The highest BCUT2D eigenvalue weighted by atomic mass is 35.5. The topological polar surface area (TPSA) is 61.9 Å². The van der Waals surface area contributed by atoms with Crippen LogP contribution in [0.5, 0.6) is 0 Å². The summed E-state index contributed by atoms with van der Waals surface area (Å²) in [7, 11) is 0. The Hall–Kier alpha value is -1.22. The van der Waals surface area contributed by atoms with E-state index >= 15 is 0 Å². The predicted molar refractivity (Wildman–Crippen MR) is 54.1 cm³/mol. The van der Waals surface area contributed by atoms with Crippen molar-refractivity contribution in [2.45, 2.75) is 0 Å². The Morgan fingerprint density at radius 1 is 1.33 bits per heavy atom. The Kier molecular flexibility index (Phi) is 4.88. The van der Waals surface area contributed by atoms with E-state index in [9.17, 15) is 0 Å². The second-order valence-electron chi connectivity index (χ2n) is 2.24. The van der Waals surface area contributed by atoms with Crippen LogP contribution in [0, 0.1) is 5.41 Å². The molecule has 1 aromatic carbocycles. The first-order valence-electron chi connectivity index (χ1n) is 3.41. The highest BCUT2D eigenvalue weighted by Gasteiger charge is 1.88. The summed E-state index contributed by atoms with van der Waals surface area (Å²) in [6.07, 6.45) is 0. The lowest BCUT2D eigenvalue weighted by molar-refractivity contribution is 1.29. The van der Waals surface area contributed by atoms with Crippen molar-refractivity contribution in [1.82, 2.24) is 0 Å². The highest BCUT2D eigenvalue weighted by molar-refractivity contribution is 5.85. The standard InChI is InChI=1S/C8H11N3.ClH/c9-8(10)6-11-7-4-2-1-3-5-7;/h1-5,11H,6H2,(H3,9,10);1H. The van der Waals surface area contributed by atoms with E-state index in [1.54, 1.807) is 0 Å². The number of nitrogens with one attached hydrogen (secondary N) is 2. The van der Waals surface area contributed by atoms with E-state index in [0.717, 1.165) is 5.69 Å². The van der Waals surface area contributed by atoms with Crippen LogP contribution in [-0.4, -0.2) is 12.4 Å². The van der Waals surface area contributed by atoms with E-state index in [1.165, 1.54) is 0 Å². The number of para-hydroxylation sites is 1. The zero-order valence-corrected chi connectivity index (χ0v) is 7.40. The van der Waals surface area contributed by atoms with Crippen LogP contribution in [0.3, 0.4) is 0 Å². The predicted octanol–water partition coefficient (Wildman–Crippen LogP) is 1.46. The molecule has 66 valence electrons. The van der Waals surface area contributed by atoms with Gasteiger partial charge in [-0.3, -0.25) is 5.41 Å². The van der Waals surface area contributed by atoms with E-state index in [4.69, 9.17) is 11.1 Å². The first-order valence-corrected chi connectivity index (χ1v) is 3.41. The molecule has 0 unspecified atom stereocenters. The van der Waals surface area contributed by atoms with E-state index in [-0.39, 0.29) is 18.2 Å². The maximum Gasteiger partial charge on any atom is 0.110 e. The third-order valence-electron chi connectivity index (χ3n) is 1.26. The zero-order chi connectivity index (χ0) is 8.10. The van der Waals surface area contributed by atoms with Crippen molar-refractivity contribution in [3.05, 3.63) is 30.3 Å². The monoisotopic (exact) mass is 185 g/mol. The van der Waals surface area contributed by atoms with E-state index < -0.39 is 0 Å². The van der Waals surface area contributed by atoms with Gasteiger partial charge in [-0.1, -0.05) is 18.2 Å². The van der Waals surface area contributed by atoms with Crippen molar-refractivity contribution < 1.29 is 0 Å². The summed E-state index contributed by atoms with van der Waals surface area (Å²) in [6, 6.07) is 9.68. The maximum atomic E-state index is 6.96. The molecule has 0 spiro atoms. The summed E-state index contributed by atoms with van der Waals surface area (Å²) in [4.78, 5) is 0. The Morgan fingerprint density at radius 2 is 1.92 bits per heavy atom. The number of hydrogen-bond acceptors (Lipinski definition) is 2. The molecule has 0 fully saturated rings. The normalized spacial score (nSPS) is 8.33. The molecule has 12 heavy (non-hydrogen) atoms. The molecular formula is C8H12ClN3. The summed E-state index contributed by atoms with van der Waals surface area (Å²) in [5.41, 5.74) is 6.15. The minimum atomic E-state index is 0. The molecule has 0 aliphatic carbocycles. The summed E-state index contributed by atoms with van der Waals surface area (Å²) < 4.78 is 0. The molecular weight excluding hydrogens is 174 g/mol. The first-order chi connectivity index (χ1) is 5.29. The Bertz CT molecular complexity index is 235. The number of hydrogen-bond donors (Lipinski definition) is 3. The van der Waals surface area contributed by atoms with Gasteiger partial charge < -0.3 is 11.1 Å². The molecule has 3 nitrogen and oxygen atoms in total. The number of nitrogens with two attached hydrogens (primary N) is 1. The second-order valence-corrected chi connectivity index (χ2v) is 2.24. The van der Waals surface area contributed by atoms with Crippen LogP contribution < -0.4 is 11.1 Å². The Balaban J connectivity index is 0.00000121. The summed E-state index contributed by atoms with van der Waals surface area (Å²) in [6.45, 7) is 0.407. The summed E-state index contributed by atoms with van der Waals surface area (Å²) in [5, 5.41) is 9.95. The fraction of sp³-hybridized carbons (Fsp3) is 0.125. The minimum absolute atomic E-state index is 0. The highest BCUT2D eigenvalue weighted by Crippen LogP contribution is 2.03. The number of rotatable bonds is 3. The maximum absolute atomic E-state index is 6.96. The van der Waals surface area contributed by atoms with Crippen molar-refractivity contribution in [3.63, 3.8) is 0 Å². The van der Waals surface area contributed by atoms with Crippen LogP contribution in [0.15, 0.2) is 30.3 Å². The van der Waals surface area contributed by atoms with Gasteiger partial charge in [0.1, 0.15) is 5.84 Å². The summed E-state index contributed by atoms with van der Waals surface area (Å²) in [5.74, 6) is 0.147. The van der Waals surface area contributed by atoms with Gasteiger partial charge >= 0.3 is 0 Å². The van der Waals surface area contributed by atoms with Crippen LogP contribution in [0.4, 0.5) is 5.69 Å². The number of amidine groups is 1. The van der Waals surface area contributed by atoms with Gasteiger partial charge in [0.25, 0.3) is 0 Å². The molecule has 0 atom stereocenters. The fourth-order valence-corrected chi connectivity index (χ4v) is 0.753. The molecule has 0 aliphatic rings. The molecule has 0 aliphatic heterocycles. The van der Waals surface area contributed by atoms with Gasteiger partial charge in [0, 0.05) is 5.69 Å². The summed E-state index contributed by atoms with van der Waals surface area (Å²) >= 11 is 0. The SMILES string of the molecule is Cl.N=C(N)CNc1ccccc1. The molecule has 4 heteroatoms. The van der Waals surface area contributed by atoms with Crippen LogP contribution in [0.1, 0.15) is 0 Å². The van der Waals surface area contributed by atoms with Crippen molar-refractivity contribution >= 4 is 23.9 Å². The molecule has 4 N–H and O–H groups in total. The molecule has 0 aromatic heterocycles. The fourth-order valence-electron chi connectivity index (χ4n) is 0.753. The molecule has 0 saturated heterocycles. The smallest absolute Gasteiger partial charge is 0.110 e. The average molecular weight is 186 g/mol. The largest absolute Gasteiger partial charge is 0.386 e. The van der Waals surface area contributed by atoms with Gasteiger partial charge in [-0.2, -0.15) is 0 Å². The quantitative estimate of drug-likeness (QED) is 0.493. The van der Waals surface area contributed by atoms with Crippen molar-refractivity contribution in [2.75, 3.05) is 11.9 Å². The lowest BCUT2D eigenvalue weighted by Gasteiger charge is -2.02. The Labute approximate surface area is 77.9 Å². The molecule has 1 rings (SSSR count). The van der Waals surface area contributed by atoms with Gasteiger partial charge in [-0.15, -0.1) is 12.4 Å². The molecule has 1 aromatic rings. The van der Waals surface area contributed by atoms with Gasteiger partial charge in [0.2, 0.25) is 0 Å². The molecule has 0 amide bonds. The number of benzene rings is 1. The van der Waals surface area contributed by atoms with E-state index in [2.05, 4.69) is 5.32 Å². The average Bonchev–Trinajstić information content (AvgIpc) is 2.03. The minimum Gasteiger partial charge on any atom is -0.386 e. The van der Waals surface area contributed by atoms with Crippen LogP contribution in [0.2, 0.25) is 0 Å². The van der Waals surface area contributed by atoms with E-state index in [0.29, 0.717) is 6.54 Å².